The van der Waals surface area contributed by atoms with Gasteiger partial charge in [0.15, 0.2) is 0 Å². The van der Waals surface area contributed by atoms with Crippen molar-refractivity contribution < 1.29 is 0 Å². The molecular weight excluding hydrogens is 154 g/mol. The Hall–Kier alpha value is -0.500. The van der Waals surface area contributed by atoms with E-state index in [0.717, 1.165) is 5.04 Å². The summed E-state index contributed by atoms with van der Waals surface area (Å²) in [6.45, 7) is 6.35. The highest BCUT2D eigenvalue weighted by molar-refractivity contribution is 8.18. The molecule has 0 saturated carbocycles. The predicted octanol–water partition coefficient (Wildman–Crippen LogP) is 3.00. The maximum absolute atomic E-state index is 4.21. The van der Waals surface area contributed by atoms with E-state index in [-0.39, 0.29) is 0 Å². The van der Waals surface area contributed by atoms with Gasteiger partial charge in [-0.1, -0.05) is 17.8 Å². The highest BCUT2D eigenvalue weighted by atomic mass is 32.2. The Morgan fingerprint density at radius 1 is 1.36 bits per heavy atom. The molecule has 0 bridgehead atoms. The molecule has 0 aromatic carbocycles. The Labute approximate surface area is 72.3 Å². The maximum Gasteiger partial charge on any atom is 0.102 e. The van der Waals surface area contributed by atoms with Crippen molar-refractivity contribution in [3.8, 4) is 0 Å². The van der Waals surface area contributed by atoms with Gasteiger partial charge in [0.25, 0.3) is 0 Å². The molecule has 0 radical (unpaired) electrons. The van der Waals surface area contributed by atoms with E-state index in [1.165, 1.54) is 16.1 Å². The first-order valence-corrected chi connectivity index (χ1v) is 4.51. The first-order chi connectivity index (χ1) is 5.20. The van der Waals surface area contributed by atoms with Crippen molar-refractivity contribution in [3.63, 3.8) is 0 Å². The average molecular weight is 167 g/mol. The standard InChI is InChI=1S/C9H13NS/c1-5-8-6(2)7(3)11-9(8)10-4/h5H,1-4H3/b8-5-,10-9?. The lowest BCUT2D eigenvalue weighted by Gasteiger charge is -1.96. The van der Waals surface area contributed by atoms with Crippen LogP contribution in [0, 0.1) is 0 Å². The minimum atomic E-state index is 1.16. The predicted molar refractivity (Wildman–Crippen MR) is 53.1 cm³/mol. The summed E-state index contributed by atoms with van der Waals surface area (Å²) in [5, 5.41) is 1.16. The fourth-order valence-corrected chi connectivity index (χ4v) is 2.16. The van der Waals surface area contributed by atoms with E-state index in [0.29, 0.717) is 0 Å². The Morgan fingerprint density at radius 3 is 2.36 bits per heavy atom. The van der Waals surface area contributed by atoms with Crippen molar-refractivity contribution in [2.45, 2.75) is 20.8 Å². The van der Waals surface area contributed by atoms with E-state index in [1.807, 2.05) is 7.05 Å². The molecule has 1 aliphatic rings. The molecule has 0 amide bonds. The number of aliphatic imine (C=N–C) groups is 1. The Balaban J connectivity index is 3.07. The zero-order valence-electron chi connectivity index (χ0n) is 7.43. The molecule has 1 aliphatic heterocycles. The van der Waals surface area contributed by atoms with E-state index >= 15 is 0 Å². The molecule has 0 aromatic heterocycles. The smallest absolute Gasteiger partial charge is 0.102 e. The largest absolute Gasteiger partial charge is 0.281 e. The maximum atomic E-state index is 4.21. The third-order valence-corrected chi connectivity index (χ3v) is 3.11. The summed E-state index contributed by atoms with van der Waals surface area (Å²) in [5.41, 5.74) is 2.67. The van der Waals surface area contributed by atoms with Gasteiger partial charge in [0, 0.05) is 12.6 Å². The molecular formula is C9H13NS. The highest BCUT2D eigenvalue weighted by Gasteiger charge is 2.18. The molecule has 1 rings (SSSR count). The highest BCUT2D eigenvalue weighted by Crippen LogP contribution is 2.36. The average Bonchev–Trinajstić information content (AvgIpc) is 2.28. The van der Waals surface area contributed by atoms with Gasteiger partial charge in [-0.2, -0.15) is 0 Å². The molecule has 0 N–H and O–H groups in total. The lowest BCUT2D eigenvalue weighted by atomic mass is 10.1. The first kappa shape index (κ1) is 8.60. The van der Waals surface area contributed by atoms with E-state index in [9.17, 15) is 0 Å². The molecule has 0 aliphatic carbocycles. The summed E-state index contributed by atoms with van der Waals surface area (Å²) >= 11 is 1.77. The SMILES string of the molecule is C/C=C1\C(=NC)SC(C)=C1C. The van der Waals surface area contributed by atoms with Crippen LogP contribution in [0.3, 0.4) is 0 Å². The third-order valence-electron chi connectivity index (χ3n) is 1.90. The zero-order chi connectivity index (χ0) is 8.43. The van der Waals surface area contributed by atoms with Crippen molar-refractivity contribution in [2.75, 3.05) is 7.05 Å². The van der Waals surface area contributed by atoms with Crippen LogP contribution in [0.15, 0.2) is 27.1 Å². The molecule has 1 nitrogen and oxygen atoms in total. The van der Waals surface area contributed by atoms with E-state index in [2.05, 4.69) is 31.8 Å². The first-order valence-electron chi connectivity index (χ1n) is 3.70. The Kier molecular flexibility index (Phi) is 2.55. The van der Waals surface area contributed by atoms with Crippen LogP contribution in [0.1, 0.15) is 20.8 Å². The number of hydrogen-bond donors (Lipinski definition) is 0. The van der Waals surface area contributed by atoms with Gasteiger partial charge in [0.1, 0.15) is 5.04 Å². The molecule has 1 heterocycles. The number of hydrogen-bond acceptors (Lipinski definition) is 2. The van der Waals surface area contributed by atoms with Gasteiger partial charge in [0.2, 0.25) is 0 Å². The number of rotatable bonds is 0. The molecule has 0 saturated heterocycles. The summed E-state index contributed by atoms with van der Waals surface area (Å²) in [6, 6.07) is 0. The number of allylic oxidation sites excluding steroid dienone is 3. The summed E-state index contributed by atoms with van der Waals surface area (Å²) < 4.78 is 0. The second-order valence-electron chi connectivity index (χ2n) is 2.51. The van der Waals surface area contributed by atoms with Gasteiger partial charge in [-0.25, -0.2) is 0 Å². The normalized spacial score (nSPS) is 25.8. The van der Waals surface area contributed by atoms with Crippen LogP contribution in [-0.2, 0) is 0 Å². The molecule has 0 fully saturated rings. The van der Waals surface area contributed by atoms with Crippen molar-refractivity contribution >= 4 is 16.8 Å². The fraction of sp³-hybridized carbons (Fsp3) is 0.444. The lowest BCUT2D eigenvalue weighted by molar-refractivity contribution is 1.39. The summed E-state index contributed by atoms with van der Waals surface area (Å²) in [6.07, 6.45) is 2.13. The van der Waals surface area contributed by atoms with Crippen LogP contribution >= 0.6 is 11.8 Å². The second-order valence-corrected chi connectivity index (χ2v) is 3.72. The van der Waals surface area contributed by atoms with Gasteiger partial charge in [-0.05, 0) is 31.2 Å². The van der Waals surface area contributed by atoms with Crippen molar-refractivity contribution in [2.24, 2.45) is 4.99 Å². The minimum absolute atomic E-state index is 1.16. The Morgan fingerprint density at radius 2 is 2.00 bits per heavy atom. The molecule has 11 heavy (non-hydrogen) atoms. The van der Waals surface area contributed by atoms with Crippen LogP contribution in [0.4, 0.5) is 0 Å². The van der Waals surface area contributed by atoms with E-state index in [1.54, 1.807) is 11.8 Å². The number of nitrogens with zero attached hydrogens (tertiary/aromatic N) is 1. The van der Waals surface area contributed by atoms with Crippen LogP contribution in [-0.4, -0.2) is 12.1 Å². The molecule has 0 atom stereocenters. The van der Waals surface area contributed by atoms with Crippen molar-refractivity contribution in [1.29, 1.82) is 0 Å². The minimum Gasteiger partial charge on any atom is -0.281 e. The van der Waals surface area contributed by atoms with E-state index in [4.69, 9.17) is 0 Å². The van der Waals surface area contributed by atoms with Gasteiger partial charge >= 0.3 is 0 Å². The van der Waals surface area contributed by atoms with Gasteiger partial charge in [-0.15, -0.1) is 0 Å². The number of thioether (sulfide) groups is 1. The molecule has 0 spiro atoms. The molecule has 2 heteroatoms. The van der Waals surface area contributed by atoms with E-state index < -0.39 is 0 Å². The molecule has 60 valence electrons. The Bertz CT molecular complexity index is 259. The van der Waals surface area contributed by atoms with Gasteiger partial charge in [0.05, 0.1) is 0 Å². The van der Waals surface area contributed by atoms with Gasteiger partial charge in [-0.3, -0.25) is 4.99 Å². The van der Waals surface area contributed by atoms with Crippen LogP contribution in [0.25, 0.3) is 0 Å². The topological polar surface area (TPSA) is 12.4 Å². The van der Waals surface area contributed by atoms with Crippen LogP contribution in [0.2, 0.25) is 0 Å². The van der Waals surface area contributed by atoms with Crippen molar-refractivity contribution in [1.82, 2.24) is 0 Å². The van der Waals surface area contributed by atoms with Gasteiger partial charge < -0.3 is 0 Å². The summed E-state index contributed by atoms with van der Waals surface area (Å²) in [5.74, 6) is 0. The van der Waals surface area contributed by atoms with Crippen LogP contribution < -0.4 is 0 Å². The fourth-order valence-electron chi connectivity index (χ4n) is 1.13. The lowest BCUT2D eigenvalue weighted by Crippen LogP contribution is -1.90. The second kappa shape index (κ2) is 3.26. The molecule has 0 aromatic rings. The van der Waals surface area contributed by atoms with Crippen molar-refractivity contribution in [3.05, 3.63) is 22.1 Å². The molecule has 0 unspecified atom stereocenters. The monoisotopic (exact) mass is 167 g/mol. The summed E-state index contributed by atoms with van der Waals surface area (Å²) in [4.78, 5) is 5.58. The zero-order valence-corrected chi connectivity index (χ0v) is 8.25. The van der Waals surface area contributed by atoms with Crippen LogP contribution in [0.5, 0.6) is 0 Å². The quantitative estimate of drug-likeness (QED) is 0.540. The summed E-state index contributed by atoms with van der Waals surface area (Å²) in [7, 11) is 1.84. The third kappa shape index (κ3) is 1.41.